The number of aromatic nitrogens is 4. The van der Waals surface area contributed by atoms with Gasteiger partial charge in [-0.05, 0) is 29.3 Å². The van der Waals surface area contributed by atoms with Gasteiger partial charge >= 0.3 is 6.09 Å². The average molecular weight is 497 g/mol. The lowest BCUT2D eigenvalue weighted by atomic mass is 10.0. The summed E-state index contributed by atoms with van der Waals surface area (Å²) in [5, 5.41) is 14.1. The first-order chi connectivity index (χ1) is 18.1. The Bertz CT molecular complexity index is 1560. The number of nitrogens with one attached hydrogen (secondary N) is 3. The molecule has 186 valence electrons. The molecule has 0 aliphatic carbocycles. The monoisotopic (exact) mass is 496 g/mol. The van der Waals surface area contributed by atoms with Crippen LogP contribution in [0.4, 0.5) is 4.79 Å². The fourth-order valence-corrected chi connectivity index (χ4v) is 4.05. The molecule has 2 amide bonds. The standard InChI is InChI=1S/C27H24N6O4/c34-25(33-24-13-7-6-12-22(24)31-32-33)16-29-26(35)23(14-19-15-28-21-11-5-4-10-20(19)21)30-27(36)37-17-18-8-2-1-3-9-18/h1-13,15,23,28H,14,16-17H2,(H,29,35)(H,30,36). The molecule has 5 aromatic rings. The number of amides is 2. The van der Waals surface area contributed by atoms with Crippen LogP contribution in [0.25, 0.3) is 21.9 Å². The molecule has 37 heavy (non-hydrogen) atoms. The summed E-state index contributed by atoms with van der Waals surface area (Å²) in [6.45, 7) is -0.261. The van der Waals surface area contributed by atoms with Crippen LogP contribution in [0, 0.1) is 0 Å². The van der Waals surface area contributed by atoms with Gasteiger partial charge in [0.15, 0.2) is 0 Å². The second kappa shape index (κ2) is 10.7. The third kappa shape index (κ3) is 5.48. The fraction of sp³-hybridized carbons (Fsp3) is 0.148. The summed E-state index contributed by atoms with van der Waals surface area (Å²) in [5.41, 5.74) is 3.69. The van der Waals surface area contributed by atoms with Gasteiger partial charge in [0.05, 0.1) is 12.1 Å². The van der Waals surface area contributed by atoms with Crippen LogP contribution < -0.4 is 10.6 Å². The first kappa shape index (κ1) is 23.7. The van der Waals surface area contributed by atoms with Gasteiger partial charge in [-0.15, -0.1) is 5.10 Å². The molecule has 0 bridgehead atoms. The Hall–Kier alpha value is -4.99. The molecule has 10 heteroatoms. The van der Waals surface area contributed by atoms with Crippen LogP contribution in [-0.4, -0.2) is 50.5 Å². The number of ether oxygens (including phenoxy) is 1. The van der Waals surface area contributed by atoms with Crippen molar-refractivity contribution in [2.24, 2.45) is 0 Å². The number of carbonyl (C=O) groups excluding carboxylic acids is 3. The van der Waals surface area contributed by atoms with E-state index in [-0.39, 0.29) is 19.6 Å². The minimum atomic E-state index is -0.984. The van der Waals surface area contributed by atoms with E-state index in [0.717, 1.165) is 26.7 Å². The molecule has 0 radical (unpaired) electrons. The van der Waals surface area contributed by atoms with Crippen LogP contribution in [0.1, 0.15) is 15.9 Å². The largest absolute Gasteiger partial charge is 0.445 e. The van der Waals surface area contributed by atoms with Gasteiger partial charge in [0.25, 0.3) is 5.91 Å². The van der Waals surface area contributed by atoms with Gasteiger partial charge in [0.1, 0.15) is 18.2 Å². The highest BCUT2D eigenvalue weighted by Gasteiger charge is 2.24. The Balaban J connectivity index is 1.28. The number of benzene rings is 3. The van der Waals surface area contributed by atoms with Crippen LogP contribution in [0.5, 0.6) is 0 Å². The van der Waals surface area contributed by atoms with E-state index in [0.29, 0.717) is 11.0 Å². The smallest absolute Gasteiger partial charge is 0.408 e. The third-order valence-electron chi connectivity index (χ3n) is 5.92. The van der Waals surface area contributed by atoms with E-state index < -0.39 is 23.9 Å². The molecule has 0 saturated heterocycles. The zero-order valence-electron chi connectivity index (χ0n) is 19.8. The van der Waals surface area contributed by atoms with Crippen molar-refractivity contribution in [2.45, 2.75) is 19.1 Å². The lowest BCUT2D eigenvalue weighted by Gasteiger charge is -2.18. The first-order valence-electron chi connectivity index (χ1n) is 11.7. The topological polar surface area (TPSA) is 131 Å². The summed E-state index contributed by atoms with van der Waals surface area (Å²) in [5.74, 6) is -0.987. The molecular formula is C27H24N6O4. The Morgan fingerprint density at radius 1 is 0.946 bits per heavy atom. The molecule has 2 aromatic heterocycles. The van der Waals surface area contributed by atoms with Crippen LogP contribution >= 0.6 is 0 Å². The molecule has 0 saturated carbocycles. The number of fused-ring (bicyclic) bond motifs is 2. The molecule has 0 aliphatic rings. The van der Waals surface area contributed by atoms with Crippen molar-refractivity contribution in [3.05, 3.63) is 96.2 Å². The van der Waals surface area contributed by atoms with Crippen molar-refractivity contribution >= 4 is 39.8 Å². The Morgan fingerprint density at radius 2 is 1.70 bits per heavy atom. The van der Waals surface area contributed by atoms with Crippen LogP contribution in [0.3, 0.4) is 0 Å². The Kier molecular flexibility index (Phi) is 6.89. The van der Waals surface area contributed by atoms with E-state index in [1.165, 1.54) is 0 Å². The fourth-order valence-electron chi connectivity index (χ4n) is 4.05. The molecule has 5 rings (SSSR count). The maximum Gasteiger partial charge on any atom is 0.408 e. The van der Waals surface area contributed by atoms with E-state index in [1.807, 2.05) is 54.6 Å². The highest BCUT2D eigenvalue weighted by Crippen LogP contribution is 2.19. The van der Waals surface area contributed by atoms with Crippen LogP contribution in [0.2, 0.25) is 0 Å². The van der Waals surface area contributed by atoms with Gasteiger partial charge in [-0.1, -0.05) is 65.9 Å². The Labute approximate surface area is 211 Å². The van der Waals surface area contributed by atoms with Gasteiger partial charge in [-0.25, -0.2) is 4.79 Å². The minimum absolute atomic E-state index is 0.0615. The van der Waals surface area contributed by atoms with E-state index in [2.05, 4.69) is 25.9 Å². The Morgan fingerprint density at radius 3 is 2.57 bits per heavy atom. The first-order valence-corrected chi connectivity index (χ1v) is 11.7. The minimum Gasteiger partial charge on any atom is -0.445 e. The second-order valence-electron chi connectivity index (χ2n) is 8.42. The highest BCUT2D eigenvalue weighted by molar-refractivity contribution is 5.94. The quantitative estimate of drug-likeness (QED) is 0.302. The van der Waals surface area contributed by atoms with Crippen LogP contribution in [0.15, 0.2) is 85.1 Å². The average Bonchev–Trinajstić information content (AvgIpc) is 3.55. The predicted octanol–water partition coefficient (Wildman–Crippen LogP) is 3.21. The van der Waals surface area contributed by atoms with Crippen molar-refractivity contribution in [1.29, 1.82) is 0 Å². The zero-order valence-corrected chi connectivity index (χ0v) is 19.8. The molecule has 0 aliphatic heterocycles. The van der Waals surface area contributed by atoms with Gasteiger partial charge in [0, 0.05) is 23.5 Å². The van der Waals surface area contributed by atoms with E-state index >= 15 is 0 Å². The highest BCUT2D eigenvalue weighted by atomic mass is 16.5. The number of hydrogen-bond acceptors (Lipinski definition) is 6. The molecular weight excluding hydrogens is 472 g/mol. The van der Waals surface area contributed by atoms with Crippen molar-refractivity contribution in [2.75, 3.05) is 6.54 Å². The molecule has 3 aromatic carbocycles. The molecule has 2 heterocycles. The number of H-pyrrole nitrogens is 1. The number of alkyl carbamates (subject to hydrolysis) is 1. The summed E-state index contributed by atoms with van der Waals surface area (Å²) >= 11 is 0. The SMILES string of the molecule is O=C(NC(Cc1c[nH]c2ccccc12)C(=O)NCC(=O)n1nnc2ccccc21)OCc1ccccc1. The van der Waals surface area contributed by atoms with Crippen molar-refractivity contribution < 1.29 is 19.1 Å². The summed E-state index contributed by atoms with van der Waals surface area (Å²) in [6.07, 6.45) is 1.25. The van der Waals surface area contributed by atoms with Crippen molar-refractivity contribution in [3.8, 4) is 0 Å². The van der Waals surface area contributed by atoms with Gasteiger partial charge in [-0.3, -0.25) is 9.59 Å². The third-order valence-corrected chi connectivity index (χ3v) is 5.92. The summed E-state index contributed by atoms with van der Waals surface area (Å²) < 4.78 is 6.47. The zero-order chi connectivity index (χ0) is 25.6. The maximum absolute atomic E-state index is 13.2. The lowest BCUT2D eigenvalue weighted by molar-refractivity contribution is -0.122. The maximum atomic E-state index is 13.2. The second-order valence-corrected chi connectivity index (χ2v) is 8.42. The molecule has 0 spiro atoms. The van der Waals surface area contributed by atoms with Gasteiger partial charge in [0.2, 0.25) is 5.91 Å². The summed E-state index contributed by atoms with van der Waals surface area (Å²) in [6, 6.07) is 23.0. The number of para-hydroxylation sites is 2. The number of nitrogens with zero attached hydrogens (tertiary/aromatic N) is 3. The summed E-state index contributed by atoms with van der Waals surface area (Å²) in [4.78, 5) is 41.7. The van der Waals surface area contributed by atoms with Crippen molar-refractivity contribution in [3.63, 3.8) is 0 Å². The number of rotatable bonds is 8. The van der Waals surface area contributed by atoms with E-state index in [1.54, 1.807) is 30.5 Å². The number of carbonyl (C=O) groups is 3. The number of aromatic amines is 1. The predicted molar refractivity (Wildman–Crippen MR) is 137 cm³/mol. The normalized spacial score (nSPS) is 11.8. The number of hydrogen-bond donors (Lipinski definition) is 3. The molecule has 1 unspecified atom stereocenters. The van der Waals surface area contributed by atoms with E-state index in [9.17, 15) is 14.4 Å². The molecule has 10 nitrogen and oxygen atoms in total. The van der Waals surface area contributed by atoms with Crippen molar-refractivity contribution in [1.82, 2.24) is 30.6 Å². The lowest BCUT2D eigenvalue weighted by Crippen LogP contribution is -2.49. The molecule has 1 atom stereocenters. The van der Waals surface area contributed by atoms with Crippen LogP contribution in [-0.2, 0) is 22.6 Å². The summed E-state index contributed by atoms with van der Waals surface area (Å²) in [7, 11) is 0. The van der Waals surface area contributed by atoms with Gasteiger partial charge < -0.3 is 20.4 Å². The molecule has 0 fully saturated rings. The van der Waals surface area contributed by atoms with Gasteiger partial charge in [-0.2, -0.15) is 4.68 Å². The molecule has 3 N–H and O–H groups in total. The van der Waals surface area contributed by atoms with E-state index in [4.69, 9.17) is 4.74 Å².